The van der Waals surface area contributed by atoms with Crippen molar-refractivity contribution in [2.45, 2.75) is 59.0 Å². The quantitative estimate of drug-likeness (QED) is 0.521. The Kier molecular flexibility index (Phi) is 4.81. The Labute approximate surface area is 81.8 Å². The maximum Gasteiger partial charge on any atom is 0.189 e. The van der Waals surface area contributed by atoms with E-state index in [1.54, 1.807) is 0 Å². The second-order valence-electron chi connectivity index (χ2n) is 4.53. The third kappa shape index (κ3) is 7.62. The zero-order chi connectivity index (χ0) is 10.5. The molecule has 78 valence electrons. The number of nitrogens with one attached hydrogen (secondary N) is 1. The summed E-state index contributed by atoms with van der Waals surface area (Å²) < 4.78 is 0. The SMILES string of the molecule is CCCC(C)N=C(N)NC(C)(C)C. The Hall–Kier alpha value is -0.730. The highest BCUT2D eigenvalue weighted by atomic mass is 15.1. The fourth-order valence-corrected chi connectivity index (χ4v) is 1.14. The lowest BCUT2D eigenvalue weighted by Gasteiger charge is -2.21. The first-order valence-electron chi connectivity index (χ1n) is 4.96. The lowest BCUT2D eigenvalue weighted by atomic mass is 10.1. The fraction of sp³-hybridized carbons (Fsp3) is 0.900. The zero-order valence-electron chi connectivity index (χ0n) is 9.52. The summed E-state index contributed by atoms with van der Waals surface area (Å²) in [5, 5.41) is 3.14. The van der Waals surface area contributed by atoms with E-state index in [2.05, 4.69) is 44.9 Å². The molecule has 0 aromatic carbocycles. The van der Waals surface area contributed by atoms with Gasteiger partial charge in [0.25, 0.3) is 0 Å². The molecule has 0 bridgehead atoms. The predicted octanol–water partition coefficient (Wildman–Crippen LogP) is 1.88. The first-order valence-corrected chi connectivity index (χ1v) is 4.96. The predicted molar refractivity (Wildman–Crippen MR) is 58.9 cm³/mol. The van der Waals surface area contributed by atoms with Crippen LogP contribution in [0.2, 0.25) is 0 Å². The summed E-state index contributed by atoms with van der Waals surface area (Å²) in [6, 6.07) is 0.319. The van der Waals surface area contributed by atoms with Gasteiger partial charge in [-0.1, -0.05) is 13.3 Å². The normalized spacial score (nSPS) is 15.6. The number of guanidine groups is 1. The smallest absolute Gasteiger partial charge is 0.189 e. The third-order valence-electron chi connectivity index (χ3n) is 1.57. The van der Waals surface area contributed by atoms with Gasteiger partial charge in [0.2, 0.25) is 0 Å². The summed E-state index contributed by atoms with van der Waals surface area (Å²) in [7, 11) is 0. The summed E-state index contributed by atoms with van der Waals surface area (Å²) in [5.74, 6) is 0.549. The lowest BCUT2D eigenvalue weighted by Crippen LogP contribution is -2.45. The van der Waals surface area contributed by atoms with Gasteiger partial charge in [-0.2, -0.15) is 0 Å². The molecule has 0 aliphatic carbocycles. The van der Waals surface area contributed by atoms with Crippen LogP contribution in [-0.4, -0.2) is 17.5 Å². The number of nitrogens with zero attached hydrogens (tertiary/aromatic N) is 1. The molecule has 3 heteroatoms. The van der Waals surface area contributed by atoms with Crippen LogP contribution < -0.4 is 11.1 Å². The highest BCUT2D eigenvalue weighted by Crippen LogP contribution is 2.01. The van der Waals surface area contributed by atoms with E-state index < -0.39 is 0 Å². The largest absolute Gasteiger partial charge is 0.370 e. The van der Waals surface area contributed by atoms with Gasteiger partial charge in [0, 0.05) is 5.54 Å². The van der Waals surface area contributed by atoms with Crippen molar-refractivity contribution in [3.8, 4) is 0 Å². The molecule has 3 N–H and O–H groups in total. The van der Waals surface area contributed by atoms with Crippen LogP contribution in [0.3, 0.4) is 0 Å². The van der Waals surface area contributed by atoms with Crippen LogP contribution in [0.15, 0.2) is 4.99 Å². The summed E-state index contributed by atoms with van der Waals surface area (Å²) in [6.45, 7) is 10.4. The molecule has 0 saturated carbocycles. The van der Waals surface area contributed by atoms with Crippen molar-refractivity contribution in [2.24, 2.45) is 10.7 Å². The molecule has 0 aromatic heterocycles. The summed E-state index contributed by atoms with van der Waals surface area (Å²) in [4.78, 5) is 4.34. The molecular formula is C10H23N3. The molecule has 1 atom stereocenters. The molecule has 0 rings (SSSR count). The van der Waals surface area contributed by atoms with Gasteiger partial charge in [0.15, 0.2) is 5.96 Å². The summed E-state index contributed by atoms with van der Waals surface area (Å²) in [5.41, 5.74) is 5.73. The van der Waals surface area contributed by atoms with E-state index in [4.69, 9.17) is 5.73 Å². The van der Waals surface area contributed by atoms with Gasteiger partial charge in [-0.3, -0.25) is 4.99 Å². The van der Waals surface area contributed by atoms with Gasteiger partial charge in [0.05, 0.1) is 6.04 Å². The van der Waals surface area contributed by atoms with E-state index in [-0.39, 0.29) is 5.54 Å². The molecule has 0 spiro atoms. The van der Waals surface area contributed by atoms with Crippen molar-refractivity contribution in [3.05, 3.63) is 0 Å². The van der Waals surface area contributed by atoms with Gasteiger partial charge in [-0.25, -0.2) is 0 Å². The number of nitrogens with two attached hydrogens (primary N) is 1. The Morgan fingerprint density at radius 2 is 2.00 bits per heavy atom. The van der Waals surface area contributed by atoms with Crippen LogP contribution in [0, 0.1) is 0 Å². The summed E-state index contributed by atoms with van der Waals surface area (Å²) >= 11 is 0. The van der Waals surface area contributed by atoms with Crippen LogP contribution in [-0.2, 0) is 0 Å². The fourth-order valence-electron chi connectivity index (χ4n) is 1.14. The molecule has 0 saturated heterocycles. The van der Waals surface area contributed by atoms with E-state index in [1.807, 2.05) is 0 Å². The minimum Gasteiger partial charge on any atom is -0.370 e. The number of rotatable bonds is 3. The van der Waals surface area contributed by atoms with Crippen LogP contribution in [0.4, 0.5) is 0 Å². The maximum absolute atomic E-state index is 5.73. The molecule has 0 amide bonds. The van der Waals surface area contributed by atoms with Crippen molar-refractivity contribution < 1.29 is 0 Å². The topological polar surface area (TPSA) is 50.4 Å². The molecule has 3 nitrogen and oxygen atoms in total. The Morgan fingerprint density at radius 3 is 2.38 bits per heavy atom. The van der Waals surface area contributed by atoms with Gasteiger partial charge < -0.3 is 11.1 Å². The van der Waals surface area contributed by atoms with E-state index in [9.17, 15) is 0 Å². The average Bonchev–Trinajstić information content (AvgIpc) is 1.81. The number of hydrogen-bond acceptors (Lipinski definition) is 1. The van der Waals surface area contributed by atoms with Gasteiger partial charge >= 0.3 is 0 Å². The molecule has 0 aliphatic heterocycles. The highest BCUT2D eigenvalue weighted by molar-refractivity contribution is 5.78. The van der Waals surface area contributed by atoms with Crippen molar-refractivity contribution in [3.63, 3.8) is 0 Å². The van der Waals surface area contributed by atoms with Crippen LogP contribution in [0.25, 0.3) is 0 Å². The number of aliphatic imine (C=N–C) groups is 1. The van der Waals surface area contributed by atoms with Gasteiger partial charge in [0.1, 0.15) is 0 Å². The van der Waals surface area contributed by atoms with Crippen molar-refractivity contribution in [2.75, 3.05) is 0 Å². The van der Waals surface area contributed by atoms with E-state index in [0.717, 1.165) is 12.8 Å². The van der Waals surface area contributed by atoms with Crippen molar-refractivity contribution >= 4 is 5.96 Å². The molecule has 0 aromatic rings. The zero-order valence-corrected chi connectivity index (χ0v) is 9.52. The standard InChI is InChI=1S/C10H23N3/c1-6-7-8(2)12-9(11)13-10(3,4)5/h8H,6-7H2,1-5H3,(H3,11,12,13). The van der Waals surface area contributed by atoms with Crippen molar-refractivity contribution in [1.29, 1.82) is 0 Å². The molecule has 1 unspecified atom stereocenters. The van der Waals surface area contributed by atoms with Gasteiger partial charge in [-0.15, -0.1) is 0 Å². The monoisotopic (exact) mass is 185 g/mol. The lowest BCUT2D eigenvalue weighted by molar-refractivity contribution is 0.505. The van der Waals surface area contributed by atoms with Gasteiger partial charge in [-0.05, 0) is 34.1 Å². The second kappa shape index (κ2) is 5.10. The second-order valence-corrected chi connectivity index (χ2v) is 4.53. The molecule has 0 aliphatic rings. The Bertz CT molecular complexity index is 167. The average molecular weight is 185 g/mol. The minimum absolute atomic E-state index is 0.000478. The molecule has 13 heavy (non-hydrogen) atoms. The van der Waals surface area contributed by atoms with Crippen LogP contribution in [0.1, 0.15) is 47.5 Å². The Morgan fingerprint density at radius 1 is 1.46 bits per heavy atom. The third-order valence-corrected chi connectivity index (χ3v) is 1.57. The summed E-state index contributed by atoms with van der Waals surface area (Å²) in [6.07, 6.45) is 2.24. The van der Waals surface area contributed by atoms with Crippen molar-refractivity contribution in [1.82, 2.24) is 5.32 Å². The Balaban J connectivity index is 4.01. The van der Waals surface area contributed by atoms with E-state index >= 15 is 0 Å². The number of hydrogen-bond donors (Lipinski definition) is 2. The van der Waals surface area contributed by atoms with Crippen LogP contribution >= 0.6 is 0 Å². The highest BCUT2D eigenvalue weighted by Gasteiger charge is 2.10. The molecule has 0 fully saturated rings. The minimum atomic E-state index is -0.000478. The van der Waals surface area contributed by atoms with Crippen LogP contribution in [0.5, 0.6) is 0 Å². The van der Waals surface area contributed by atoms with E-state index in [1.165, 1.54) is 0 Å². The maximum atomic E-state index is 5.73. The molecule has 0 radical (unpaired) electrons. The first kappa shape index (κ1) is 12.3. The molecular weight excluding hydrogens is 162 g/mol. The first-order chi connectivity index (χ1) is 5.85. The van der Waals surface area contributed by atoms with E-state index in [0.29, 0.717) is 12.0 Å². The molecule has 0 heterocycles.